The van der Waals surface area contributed by atoms with Crippen LogP contribution >= 0.6 is 11.6 Å². The van der Waals surface area contributed by atoms with Crippen molar-refractivity contribution in [1.82, 2.24) is 0 Å². The molecule has 0 aliphatic heterocycles. The van der Waals surface area contributed by atoms with Gasteiger partial charge in [-0.3, -0.25) is 4.79 Å². The minimum absolute atomic E-state index is 0.0422. The van der Waals surface area contributed by atoms with Gasteiger partial charge in [0, 0.05) is 0 Å². The van der Waals surface area contributed by atoms with Gasteiger partial charge in [0.05, 0.1) is 17.3 Å². The number of carbonyl (C=O) groups excluding carboxylic acids is 2. The molecule has 0 aromatic heterocycles. The van der Waals surface area contributed by atoms with Crippen LogP contribution in [0.2, 0.25) is 5.02 Å². The molecule has 26 heavy (non-hydrogen) atoms. The van der Waals surface area contributed by atoms with Gasteiger partial charge in [-0.15, -0.1) is 0 Å². The van der Waals surface area contributed by atoms with Crippen molar-refractivity contribution in [3.63, 3.8) is 0 Å². The predicted molar refractivity (Wildman–Crippen MR) is 94.1 cm³/mol. The van der Waals surface area contributed by atoms with E-state index >= 15 is 0 Å². The van der Waals surface area contributed by atoms with Gasteiger partial charge in [0.2, 0.25) is 0 Å². The lowest BCUT2D eigenvalue weighted by Gasteiger charge is -2.11. The number of hydrogen-bond donors (Lipinski definition) is 1. The predicted octanol–water partition coefficient (Wildman–Crippen LogP) is 3.44. The molecular formula is C18H17ClFNO5. The SMILES string of the molecule is CCOc1ccccc1OCC(=O)OCC(=O)Nc1ccc(F)cc1Cl. The largest absolute Gasteiger partial charge is 0.490 e. The molecule has 0 radical (unpaired) electrons. The van der Waals surface area contributed by atoms with E-state index < -0.39 is 24.3 Å². The van der Waals surface area contributed by atoms with Crippen LogP contribution in [0, 0.1) is 5.82 Å². The molecule has 8 heteroatoms. The van der Waals surface area contributed by atoms with Gasteiger partial charge >= 0.3 is 5.97 Å². The molecule has 0 fully saturated rings. The molecule has 138 valence electrons. The lowest BCUT2D eigenvalue weighted by atomic mass is 10.3. The van der Waals surface area contributed by atoms with E-state index in [2.05, 4.69) is 5.32 Å². The van der Waals surface area contributed by atoms with Crippen molar-refractivity contribution in [2.45, 2.75) is 6.92 Å². The monoisotopic (exact) mass is 381 g/mol. The number of esters is 1. The lowest BCUT2D eigenvalue weighted by Crippen LogP contribution is -2.23. The molecule has 0 aliphatic rings. The van der Waals surface area contributed by atoms with E-state index in [1.165, 1.54) is 6.07 Å². The minimum Gasteiger partial charge on any atom is -0.490 e. The van der Waals surface area contributed by atoms with Crippen molar-refractivity contribution >= 4 is 29.2 Å². The second-order valence-corrected chi connectivity index (χ2v) is 5.41. The van der Waals surface area contributed by atoms with Crippen LogP contribution in [0.25, 0.3) is 0 Å². The number of para-hydroxylation sites is 2. The highest BCUT2D eigenvalue weighted by atomic mass is 35.5. The topological polar surface area (TPSA) is 73.9 Å². The molecule has 2 aromatic carbocycles. The number of halogens is 2. The third-order valence-electron chi connectivity index (χ3n) is 3.06. The molecule has 6 nitrogen and oxygen atoms in total. The van der Waals surface area contributed by atoms with E-state index in [0.717, 1.165) is 12.1 Å². The summed E-state index contributed by atoms with van der Waals surface area (Å²) in [6, 6.07) is 10.4. The maximum Gasteiger partial charge on any atom is 0.344 e. The van der Waals surface area contributed by atoms with Gasteiger partial charge in [-0.2, -0.15) is 0 Å². The summed E-state index contributed by atoms with van der Waals surface area (Å²) >= 11 is 5.80. The molecule has 0 saturated heterocycles. The van der Waals surface area contributed by atoms with E-state index in [1.54, 1.807) is 24.3 Å². The summed E-state index contributed by atoms with van der Waals surface area (Å²) in [5.41, 5.74) is 0.219. The van der Waals surface area contributed by atoms with E-state index in [4.69, 9.17) is 25.8 Å². The summed E-state index contributed by atoms with van der Waals surface area (Å²) in [5, 5.41) is 2.46. The summed E-state index contributed by atoms with van der Waals surface area (Å²) in [5.74, 6) is -0.956. The first-order chi connectivity index (χ1) is 12.5. The number of rotatable bonds is 8. The fourth-order valence-electron chi connectivity index (χ4n) is 1.95. The molecule has 0 bridgehead atoms. The van der Waals surface area contributed by atoms with Gasteiger partial charge in [0.15, 0.2) is 24.7 Å². The van der Waals surface area contributed by atoms with Crippen LogP contribution in [0.3, 0.4) is 0 Å². The van der Waals surface area contributed by atoms with Crippen LogP contribution in [-0.2, 0) is 14.3 Å². The van der Waals surface area contributed by atoms with Crippen molar-refractivity contribution in [2.24, 2.45) is 0 Å². The first-order valence-electron chi connectivity index (χ1n) is 7.74. The number of anilines is 1. The summed E-state index contributed by atoms with van der Waals surface area (Å²) in [7, 11) is 0. The molecule has 2 rings (SSSR count). The van der Waals surface area contributed by atoms with Gasteiger partial charge in [-0.25, -0.2) is 9.18 Å². The van der Waals surface area contributed by atoms with Crippen LogP contribution in [0.5, 0.6) is 11.5 Å². The normalized spacial score (nSPS) is 10.1. The molecule has 0 saturated carbocycles. The Balaban J connectivity index is 1.79. The third-order valence-corrected chi connectivity index (χ3v) is 3.38. The fourth-order valence-corrected chi connectivity index (χ4v) is 2.16. The smallest absolute Gasteiger partial charge is 0.344 e. The molecule has 0 heterocycles. The molecular weight excluding hydrogens is 365 g/mol. The molecule has 1 N–H and O–H groups in total. The summed E-state index contributed by atoms with van der Waals surface area (Å²) in [6.45, 7) is 1.38. The highest BCUT2D eigenvalue weighted by Gasteiger charge is 2.12. The van der Waals surface area contributed by atoms with Crippen LogP contribution in [0.1, 0.15) is 6.92 Å². The summed E-state index contributed by atoms with van der Waals surface area (Å²) in [6.07, 6.45) is 0. The van der Waals surface area contributed by atoms with Gasteiger partial charge < -0.3 is 19.5 Å². The molecule has 0 atom stereocenters. The average molecular weight is 382 g/mol. The Labute approximate surface area is 154 Å². The van der Waals surface area contributed by atoms with Crippen molar-refractivity contribution in [2.75, 3.05) is 25.1 Å². The molecule has 0 aliphatic carbocycles. The van der Waals surface area contributed by atoms with Crippen molar-refractivity contribution in [1.29, 1.82) is 0 Å². The number of amides is 1. The third kappa shape index (κ3) is 5.93. The second kappa shape index (κ2) is 9.62. The Bertz CT molecular complexity index is 784. The van der Waals surface area contributed by atoms with E-state index in [9.17, 15) is 14.0 Å². The van der Waals surface area contributed by atoms with Crippen LogP contribution in [0.4, 0.5) is 10.1 Å². The zero-order valence-electron chi connectivity index (χ0n) is 14.0. The van der Waals surface area contributed by atoms with Crippen molar-refractivity contribution in [3.8, 4) is 11.5 Å². The molecule has 0 unspecified atom stereocenters. The highest BCUT2D eigenvalue weighted by Crippen LogP contribution is 2.26. The van der Waals surface area contributed by atoms with Gasteiger partial charge in [0.1, 0.15) is 5.82 Å². The Morgan fingerprint density at radius 3 is 2.42 bits per heavy atom. The Morgan fingerprint density at radius 2 is 1.77 bits per heavy atom. The van der Waals surface area contributed by atoms with Gasteiger partial charge in [-0.05, 0) is 37.3 Å². The van der Waals surface area contributed by atoms with Crippen LogP contribution in [-0.4, -0.2) is 31.7 Å². The van der Waals surface area contributed by atoms with Crippen LogP contribution < -0.4 is 14.8 Å². The Morgan fingerprint density at radius 1 is 1.08 bits per heavy atom. The number of carbonyl (C=O) groups is 2. The quantitative estimate of drug-likeness (QED) is 0.709. The number of nitrogens with one attached hydrogen (secondary N) is 1. The second-order valence-electron chi connectivity index (χ2n) is 5.00. The first kappa shape index (κ1) is 19.5. The highest BCUT2D eigenvalue weighted by molar-refractivity contribution is 6.33. The molecule has 1 amide bonds. The standard InChI is InChI=1S/C18H17ClFNO5/c1-2-24-15-5-3-4-6-16(15)25-11-18(23)26-10-17(22)21-14-8-7-12(20)9-13(14)19/h3-9H,2,10-11H2,1H3,(H,21,22). The van der Waals surface area contributed by atoms with Crippen molar-refractivity contribution in [3.05, 3.63) is 53.3 Å². The maximum absolute atomic E-state index is 13.0. The van der Waals surface area contributed by atoms with Crippen molar-refractivity contribution < 1.29 is 28.2 Å². The number of hydrogen-bond acceptors (Lipinski definition) is 5. The first-order valence-corrected chi connectivity index (χ1v) is 8.12. The van der Waals surface area contributed by atoms with E-state index in [-0.39, 0.29) is 17.3 Å². The lowest BCUT2D eigenvalue weighted by molar-refractivity contribution is -0.149. The fraction of sp³-hybridized carbons (Fsp3) is 0.222. The Kier molecular flexibility index (Phi) is 7.23. The van der Waals surface area contributed by atoms with Gasteiger partial charge in [0.25, 0.3) is 5.91 Å². The Hall–Kier alpha value is -2.80. The zero-order valence-corrected chi connectivity index (χ0v) is 14.7. The minimum atomic E-state index is -0.725. The average Bonchev–Trinajstić information content (AvgIpc) is 2.62. The van der Waals surface area contributed by atoms with Crippen LogP contribution in [0.15, 0.2) is 42.5 Å². The number of benzene rings is 2. The summed E-state index contributed by atoms with van der Waals surface area (Å²) in [4.78, 5) is 23.5. The number of ether oxygens (including phenoxy) is 3. The summed E-state index contributed by atoms with van der Waals surface area (Å²) < 4.78 is 28.5. The van der Waals surface area contributed by atoms with E-state index in [1.807, 2.05) is 6.92 Å². The molecule has 0 spiro atoms. The molecule has 2 aromatic rings. The zero-order chi connectivity index (χ0) is 18.9. The van der Waals surface area contributed by atoms with E-state index in [0.29, 0.717) is 18.1 Å². The van der Waals surface area contributed by atoms with Gasteiger partial charge in [-0.1, -0.05) is 23.7 Å². The maximum atomic E-state index is 13.0.